The predicted molar refractivity (Wildman–Crippen MR) is 79.3 cm³/mol. The number of nitrogen functional groups attached to an aromatic ring is 1. The van der Waals surface area contributed by atoms with E-state index in [0.29, 0.717) is 11.5 Å². The Hall–Kier alpha value is -2.14. The molecule has 2 heterocycles. The minimum Gasteiger partial charge on any atom is -0.337 e. The number of carbonyl (C=O) groups excluding carboxylic acids is 1. The zero-order valence-electron chi connectivity index (χ0n) is 11.3. The molecule has 1 amide bonds. The van der Waals surface area contributed by atoms with Crippen molar-refractivity contribution in [2.24, 2.45) is 5.84 Å². The number of aromatic nitrogens is 1. The molecular formula is C15H18N4O. The molecular weight excluding hydrogens is 252 g/mol. The van der Waals surface area contributed by atoms with Crippen LogP contribution in [0.3, 0.4) is 0 Å². The fraction of sp³-hybridized carbons (Fsp3) is 0.333. The summed E-state index contributed by atoms with van der Waals surface area (Å²) in [7, 11) is 0. The van der Waals surface area contributed by atoms with E-state index in [-0.39, 0.29) is 5.91 Å². The number of rotatable bonds is 2. The summed E-state index contributed by atoms with van der Waals surface area (Å²) in [5.74, 6) is 6.06. The lowest BCUT2D eigenvalue weighted by Crippen LogP contribution is -2.36. The molecule has 5 nitrogen and oxygen atoms in total. The van der Waals surface area contributed by atoms with Crippen LogP contribution < -0.4 is 11.3 Å². The van der Waals surface area contributed by atoms with Crippen molar-refractivity contribution in [1.82, 2.24) is 9.88 Å². The van der Waals surface area contributed by atoms with E-state index >= 15 is 0 Å². The van der Waals surface area contributed by atoms with Gasteiger partial charge in [-0.1, -0.05) is 24.3 Å². The van der Waals surface area contributed by atoms with Crippen LogP contribution in [0.2, 0.25) is 0 Å². The van der Waals surface area contributed by atoms with Crippen molar-refractivity contribution >= 4 is 22.5 Å². The summed E-state index contributed by atoms with van der Waals surface area (Å²) >= 11 is 0. The second-order valence-electron chi connectivity index (χ2n) is 5.07. The van der Waals surface area contributed by atoms with Gasteiger partial charge in [0.25, 0.3) is 5.91 Å². The summed E-state index contributed by atoms with van der Waals surface area (Å²) in [6.07, 6.45) is 3.34. The Morgan fingerprint density at radius 1 is 1.20 bits per heavy atom. The highest BCUT2D eigenvalue weighted by Crippen LogP contribution is 2.23. The van der Waals surface area contributed by atoms with E-state index in [2.05, 4.69) is 10.4 Å². The van der Waals surface area contributed by atoms with Gasteiger partial charge in [0.1, 0.15) is 11.5 Å². The van der Waals surface area contributed by atoms with Gasteiger partial charge in [0.2, 0.25) is 0 Å². The molecule has 1 fully saturated rings. The van der Waals surface area contributed by atoms with Crippen LogP contribution in [0.15, 0.2) is 30.3 Å². The van der Waals surface area contributed by atoms with Crippen LogP contribution in [0.25, 0.3) is 10.8 Å². The predicted octanol–water partition coefficient (Wildman–Crippen LogP) is 2.15. The van der Waals surface area contributed by atoms with Crippen molar-refractivity contribution in [3.63, 3.8) is 0 Å². The number of pyridine rings is 1. The topological polar surface area (TPSA) is 71.2 Å². The highest BCUT2D eigenvalue weighted by molar-refractivity contribution is 6.00. The van der Waals surface area contributed by atoms with Crippen molar-refractivity contribution in [3.05, 3.63) is 36.0 Å². The second kappa shape index (κ2) is 5.46. The summed E-state index contributed by atoms with van der Waals surface area (Å²) < 4.78 is 0. The molecule has 3 rings (SSSR count). The van der Waals surface area contributed by atoms with Crippen LogP contribution in [-0.2, 0) is 0 Å². The van der Waals surface area contributed by atoms with Gasteiger partial charge in [-0.3, -0.25) is 4.79 Å². The summed E-state index contributed by atoms with van der Waals surface area (Å²) in [6, 6.07) is 9.61. The molecule has 0 saturated carbocycles. The largest absolute Gasteiger partial charge is 0.337 e. The number of piperidine rings is 1. The molecule has 1 aromatic heterocycles. The van der Waals surface area contributed by atoms with Crippen LogP contribution in [0.4, 0.5) is 5.82 Å². The van der Waals surface area contributed by atoms with Crippen LogP contribution in [0, 0.1) is 0 Å². The third-order valence-corrected chi connectivity index (χ3v) is 3.74. The lowest BCUT2D eigenvalue weighted by atomic mass is 10.1. The standard InChI is InChI=1S/C15H18N4O/c16-18-14-12-7-3-2-6-11(12)10-13(17-14)15(20)19-8-4-1-5-9-19/h2-3,6-7,10H,1,4-5,8-9,16H2,(H,17,18). The average molecular weight is 270 g/mol. The Balaban J connectivity index is 2.00. The first-order valence-electron chi connectivity index (χ1n) is 6.95. The molecule has 0 spiro atoms. The number of nitrogens with two attached hydrogens (primary N) is 1. The number of hydrazine groups is 1. The highest BCUT2D eigenvalue weighted by Gasteiger charge is 2.20. The maximum absolute atomic E-state index is 12.5. The van der Waals surface area contributed by atoms with Gasteiger partial charge < -0.3 is 10.3 Å². The van der Waals surface area contributed by atoms with E-state index in [1.54, 1.807) is 0 Å². The molecule has 5 heteroatoms. The summed E-state index contributed by atoms with van der Waals surface area (Å²) in [5.41, 5.74) is 3.04. The maximum Gasteiger partial charge on any atom is 0.272 e. The number of carbonyl (C=O) groups is 1. The van der Waals surface area contributed by atoms with Gasteiger partial charge in [-0.05, 0) is 30.7 Å². The smallest absolute Gasteiger partial charge is 0.272 e. The Labute approximate surface area is 117 Å². The quantitative estimate of drug-likeness (QED) is 0.648. The van der Waals surface area contributed by atoms with Crippen molar-refractivity contribution < 1.29 is 4.79 Å². The van der Waals surface area contributed by atoms with Crippen LogP contribution in [0.5, 0.6) is 0 Å². The number of hydrogen-bond acceptors (Lipinski definition) is 4. The monoisotopic (exact) mass is 270 g/mol. The first-order chi connectivity index (χ1) is 9.79. The molecule has 1 saturated heterocycles. The highest BCUT2D eigenvalue weighted by atomic mass is 16.2. The third kappa shape index (κ3) is 2.32. The maximum atomic E-state index is 12.5. The lowest BCUT2D eigenvalue weighted by molar-refractivity contribution is 0.0719. The molecule has 1 aliphatic heterocycles. The molecule has 1 aliphatic rings. The van der Waals surface area contributed by atoms with Gasteiger partial charge in [0.15, 0.2) is 0 Å². The van der Waals surface area contributed by atoms with Crippen molar-refractivity contribution in [2.75, 3.05) is 18.5 Å². The first kappa shape index (κ1) is 12.9. The van der Waals surface area contributed by atoms with Crippen molar-refractivity contribution in [1.29, 1.82) is 0 Å². The Kier molecular flexibility index (Phi) is 3.52. The van der Waals surface area contributed by atoms with Gasteiger partial charge in [-0.25, -0.2) is 10.8 Å². The van der Waals surface area contributed by atoms with E-state index in [0.717, 1.165) is 36.7 Å². The number of nitrogens with one attached hydrogen (secondary N) is 1. The van der Waals surface area contributed by atoms with E-state index in [4.69, 9.17) is 5.84 Å². The number of amides is 1. The number of anilines is 1. The minimum atomic E-state index is -0.00745. The van der Waals surface area contributed by atoms with Gasteiger partial charge in [-0.2, -0.15) is 0 Å². The number of nitrogens with zero attached hydrogens (tertiary/aromatic N) is 2. The number of benzene rings is 1. The fourth-order valence-electron chi connectivity index (χ4n) is 2.68. The fourth-order valence-corrected chi connectivity index (χ4v) is 2.68. The molecule has 20 heavy (non-hydrogen) atoms. The van der Waals surface area contributed by atoms with Gasteiger partial charge in [0.05, 0.1) is 0 Å². The van der Waals surface area contributed by atoms with E-state index in [1.165, 1.54) is 6.42 Å². The van der Waals surface area contributed by atoms with Gasteiger partial charge in [0, 0.05) is 18.5 Å². The molecule has 0 aliphatic carbocycles. The van der Waals surface area contributed by atoms with E-state index in [1.807, 2.05) is 35.2 Å². The SMILES string of the molecule is NNc1nc(C(=O)N2CCCCC2)cc2ccccc12. The van der Waals surface area contributed by atoms with E-state index < -0.39 is 0 Å². The van der Waals surface area contributed by atoms with Crippen LogP contribution in [-0.4, -0.2) is 28.9 Å². The minimum absolute atomic E-state index is 0.00745. The molecule has 0 bridgehead atoms. The number of fused-ring (bicyclic) bond motifs is 1. The molecule has 3 N–H and O–H groups in total. The van der Waals surface area contributed by atoms with Crippen LogP contribution in [0.1, 0.15) is 29.8 Å². The first-order valence-corrected chi connectivity index (χ1v) is 6.95. The zero-order chi connectivity index (χ0) is 13.9. The molecule has 0 atom stereocenters. The molecule has 1 aromatic carbocycles. The lowest BCUT2D eigenvalue weighted by Gasteiger charge is -2.26. The molecule has 104 valence electrons. The average Bonchev–Trinajstić information content (AvgIpc) is 2.54. The Morgan fingerprint density at radius 3 is 2.70 bits per heavy atom. The van der Waals surface area contributed by atoms with Gasteiger partial charge in [-0.15, -0.1) is 0 Å². The van der Waals surface area contributed by atoms with Crippen LogP contribution >= 0.6 is 0 Å². The molecule has 0 radical (unpaired) electrons. The summed E-state index contributed by atoms with van der Waals surface area (Å²) in [6.45, 7) is 1.64. The van der Waals surface area contributed by atoms with Gasteiger partial charge >= 0.3 is 0 Å². The van der Waals surface area contributed by atoms with Crippen molar-refractivity contribution in [2.45, 2.75) is 19.3 Å². The van der Waals surface area contributed by atoms with E-state index in [9.17, 15) is 4.79 Å². The summed E-state index contributed by atoms with van der Waals surface area (Å²) in [5, 5.41) is 1.89. The summed E-state index contributed by atoms with van der Waals surface area (Å²) in [4.78, 5) is 18.7. The number of likely N-dealkylation sites (tertiary alicyclic amines) is 1. The Bertz CT molecular complexity index is 635. The zero-order valence-corrected chi connectivity index (χ0v) is 11.3. The molecule has 0 unspecified atom stereocenters. The third-order valence-electron chi connectivity index (χ3n) is 3.74. The second-order valence-corrected chi connectivity index (χ2v) is 5.07. The normalized spacial score (nSPS) is 15.3. The Morgan fingerprint density at radius 2 is 1.95 bits per heavy atom. The van der Waals surface area contributed by atoms with Crippen molar-refractivity contribution in [3.8, 4) is 0 Å². The molecule has 2 aromatic rings. The number of hydrogen-bond donors (Lipinski definition) is 2.